The summed E-state index contributed by atoms with van der Waals surface area (Å²) in [6.07, 6.45) is 2.53. The smallest absolute Gasteiger partial charge is 0.406 e. The molecule has 1 aromatic carbocycles. The van der Waals surface area contributed by atoms with Crippen LogP contribution < -0.4 is 15.4 Å². The third kappa shape index (κ3) is 11.9. The number of benzene rings is 1. The summed E-state index contributed by atoms with van der Waals surface area (Å²) < 4.78 is 70.3. The summed E-state index contributed by atoms with van der Waals surface area (Å²) in [6, 6.07) is 4.56. The average Bonchev–Trinajstić information content (AvgIpc) is 2.90. The van der Waals surface area contributed by atoms with Gasteiger partial charge in [-0.1, -0.05) is 32.1 Å². The van der Waals surface area contributed by atoms with Crippen molar-refractivity contribution >= 4 is 27.3 Å². The van der Waals surface area contributed by atoms with E-state index in [1.165, 1.54) is 18.6 Å². The number of sulfone groups is 1. The first-order valence-electron chi connectivity index (χ1n) is 13.8. The molecule has 2 fully saturated rings. The zero-order chi connectivity index (χ0) is 29.2. The molecule has 2 atom stereocenters. The van der Waals surface area contributed by atoms with Crippen LogP contribution in [0.1, 0.15) is 51.4 Å². The molecular formula is C27H40F3N3O6S. The van der Waals surface area contributed by atoms with Gasteiger partial charge in [-0.05, 0) is 43.0 Å². The van der Waals surface area contributed by atoms with Crippen LogP contribution in [-0.2, 0) is 24.2 Å². The van der Waals surface area contributed by atoms with Crippen molar-refractivity contribution in [3.05, 3.63) is 24.3 Å². The van der Waals surface area contributed by atoms with Gasteiger partial charge in [-0.2, -0.15) is 0 Å². The Bertz CT molecular complexity index is 1060. The van der Waals surface area contributed by atoms with E-state index in [1.807, 2.05) is 0 Å². The summed E-state index contributed by atoms with van der Waals surface area (Å²) in [5.74, 6) is -1.09. The second-order valence-corrected chi connectivity index (χ2v) is 13.0. The Balaban J connectivity index is 1.67. The van der Waals surface area contributed by atoms with Crippen molar-refractivity contribution in [2.24, 2.45) is 11.8 Å². The fourth-order valence-electron chi connectivity index (χ4n) is 5.18. The zero-order valence-corrected chi connectivity index (χ0v) is 23.7. The maximum atomic E-state index is 13.6. The van der Waals surface area contributed by atoms with Crippen molar-refractivity contribution in [1.82, 2.24) is 10.2 Å². The van der Waals surface area contributed by atoms with Gasteiger partial charge < -0.3 is 25.0 Å². The Morgan fingerprint density at radius 3 is 2.35 bits per heavy atom. The molecule has 1 aromatic rings. The summed E-state index contributed by atoms with van der Waals surface area (Å²) >= 11 is 0. The molecule has 0 radical (unpaired) electrons. The summed E-state index contributed by atoms with van der Waals surface area (Å²) in [5, 5.41) is 6.02. The predicted octanol–water partition coefficient (Wildman–Crippen LogP) is 3.75. The van der Waals surface area contributed by atoms with Crippen molar-refractivity contribution in [3.8, 4) is 5.75 Å². The van der Waals surface area contributed by atoms with Gasteiger partial charge >= 0.3 is 6.36 Å². The number of ether oxygens (including phenoxy) is 2. The van der Waals surface area contributed by atoms with Gasteiger partial charge in [0.2, 0.25) is 11.8 Å². The molecule has 1 aliphatic carbocycles. The molecule has 3 rings (SSSR count). The van der Waals surface area contributed by atoms with Gasteiger partial charge in [-0.15, -0.1) is 13.2 Å². The molecule has 2 N–H and O–H groups in total. The van der Waals surface area contributed by atoms with E-state index in [1.54, 1.807) is 4.90 Å². The van der Waals surface area contributed by atoms with Crippen LogP contribution in [0, 0.1) is 11.8 Å². The molecule has 0 spiro atoms. The van der Waals surface area contributed by atoms with Crippen LogP contribution in [-0.4, -0.2) is 82.4 Å². The third-order valence-electron chi connectivity index (χ3n) is 7.32. The fraction of sp³-hybridized carbons (Fsp3) is 0.704. The standard InChI is InChI=1S/C27H40F3N3O6S/c1-40(36,37)16-11-23(19-31-22-7-9-24(10-8-22)39-27(28,29)30)32-26(35)21(17-20-5-3-2-4-6-20)18-25(34)33-12-14-38-15-13-33/h7-10,20-21,23,31H,2-6,11-19H2,1H3,(H,32,35)/t21-,23+/m1/s1. The molecule has 1 saturated carbocycles. The molecule has 40 heavy (non-hydrogen) atoms. The maximum Gasteiger partial charge on any atom is 0.573 e. The number of anilines is 1. The number of nitrogens with zero attached hydrogens (tertiary/aromatic N) is 1. The van der Waals surface area contributed by atoms with Gasteiger partial charge in [0.25, 0.3) is 0 Å². The van der Waals surface area contributed by atoms with Crippen LogP contribution in [0.15, 0.2) is 24.3 Å². The van der Waals surface area contributed by atoms with Crippen molar-refractivity contribution in [1.29, 1.82) is 0 Å². The molecule has 2 amide bonds. The van der Waals surface area contributed by atoms with Crippen LogP contribution in [0.3, 0.4) is 0 Å². The predicted molar refractivity (Wildman–Crippen MR) is 145 cm³/mol. The lowest BCUT2D eigenvalue weighted by molar-refractivity contribution is -0.274. The lowest BCUT2D eigenvalue weighted by Crippen LogP contribution is -2.46. The van der Waals surface area contributed by atoms with Gasteiger partial charge in [-0.3, -0.25) is 9.59 Å². The lowest BCUT2D eigenvalue weighted by Gasteiger charge is -2.31. The molecule has 0 bridgehead atoms. The minimum absolute atomic E-state index is 0.0786. The van der Waals surface area contributed by atoms with Crippen LogP contribution in [0.4, 0.5) is 18.9 Å². The average molecular weight is 592 g/mol. The highest BCUT2D eigenvalue weighted by atomic mass is 32.2. The Hall–Kier alpha value is -2.54. The Labute approximate surface area is 234 Å². The highest BCUT2D eigenvalue weighted by Gasteiger charge is 2.32. The molecule has 226 valence electrons. The molecule has 1 saturated heterocycles. The van der Waals surface area contributed by atoms with Crippen LogP contribution in [0.2, 0.25) is 0 Å². The summed E-state index contributed by atoms with van der Waals surface area (Å²) in [6.45, 7) is 2.06. The molecule has 9 nitrogen and oxygen atoms in total. The number of carbonyl (C=O) groups is 2. The maximum absolute atomic E-state index is 13.6. The summed E-state index contributed by atoms with van der Waals surface area (Å²) in [7, 11) is -3.31. The first-order valence-corrected chi connectivity index (χ1v) is 15.9. The first-order chi connectivity index (χ1) is 18.9. The second kappa shape index (κ2) is 14.9. The van der Waals surface area contributed by atoms with Crippen molar-refractivity contribution in [2.75, 3.05) is 50.2 Å². The van der Waals surface area contributed by atoms with Crippen molar-refractivity contribution in [3.63, 3.8) is 0 Å². The van der Waals surface area contributed by atoms with E-state index in [0.717, 1.165) is 44.1 Å². The third-order valence-corrected chi connectivity index (χ3v) is 8.30. The Morgan fingerprint density at radius 2 is 1.75 bits per heavy atom. The fourth-order valence-corrected chi connectivity index (χ4v) is 5.89. The minimum atomic E-state index is -4.80. The monoisotopic (exact) mass is 591 g/mol. The van der Waals surface area contributed by atoms with Crippen LogP contribution in [0.25, 0.3) is 0 Å². The number of rotatable bonds is 13. The number of halogens is 3. The Kier molecular flexibility index (Phi) is 11.9. The van der Waals surface area contributed by atoms with Gasteiger partial charge in [-0.25, -0.2) is 8.42 Å². The molecule has 13 heteroatoms. The number of hydrogen-bond acceptors (Lipinski definition) is 7. The number of amides is 2. The molecule has 0 aromatic heterocycles. The highest BCUT2D eigenvalue weighted by Crippen LogP contribution is 2.31. The van der Waals surface area contributed by atoms with Gasteiger partial charge in [0.05, 0.1) is 19.0 Å². The van der Waals surface area contributed by atoms with E-state index in [4.69, 9.17) is 4.74 Å². The SMILES string of the molecule is CS(=O)(=O)CC[C@@H](CNc1ccc(OC(F)(F)F)cc1)NC(=O)[C@@H](CC(=O)N1CCOCC1)CC1CCCCC1. The number of nitrogens with one attached hydrogen (secondary N) is 2. The number of morpholine rings is 1. The molecule has 0 unspecified atom stereocenters. The van der Waals surface area contributed by atoms with E-state index >= 15 is 0 Å². The minimum Gasteiger partial charge on any atom is -0.406 e. The number of carbonyl (C=O) groups excluding carboxylic acids is 2. The topological polar surface area (TPSA) is 114 Å². The summed E-state index contributed by atoms with van der Waals surface area (Å²) in [4.78, 5) is 28.3. The molecule has 1 heterocycles. The van der Waals surface area contributed by atoms with E-state index < -0.39 is 28.2 Å². The van der Waals surface area contributed by atoms with Gasteiger partial charge in [0, 0.05) is 50.0 Å². The van der Waals surface area contributed by atoms with E-state index in [2.05, 4.69) is 15.4 Å². The van der Waals surface area contributed by atoms with Crippen LogP contribution in [0.5, 0.6) is 5.75 Å². The van der Waals surface area contributed by atoms with E-state index in [0.29, 0.717) is 44.3 Å². The van der Waals surface area contributed by atoms with Crippen molar-refractivity contribution in [2.45, 2.75) is 63.8 Å². The van der Waals surface area contributed by atoms with E-state index in [-0.39, 0.29) is 42.7 Å². The molecular weight excluding hydrogens is 551 g/mol. The molecule has 2 aliphatic rings. The van der Waals surface area contributed by atoms with E-state index in [9.17, 15) is 31.2 Å². The summed E-state index contributed by atoms with van der Waals surface area (Å²) in [5.41, 5.74) is 0.481. The molecule has 1 aliphatic heterocycles. The number of alkyl halides is 3. The Morgan fingerprint density at radius 1 is 1.10 bits per heavy atom. The van der Waals surface area contributed by atoms with Gasteiger partial charge in [0.1, 0.15) is 15.6 Å². The van der Waals surface area contributed by atoms with Crippen molar-refractivity contribution < 1.29 is 40.7 Å². The first kappa shape index (κ1) is 32.0. The lowest BCUT2D eigenvalue weighted by atomic mass is 9.81. The number of hydrogen-bond donors (Lipinski definition) is 2. The normalized spacial score (nSPS) is 18.6. The van der Waals surface area contributed by atoms with Crippen LogP contribution >= 0.6 is 0 Å². The van der Waals surface area contributed by atoms with Gasteiger partial charge in [0.15, 0.2) is 0 Å². The largest absolute Gasteiger partial charge is 0.573 e. The highest BCUT2D eigenvalue weighted by molar-refractivity contribution is 7.90. The second-order valence-electron chi connectivity index (χ2n) is 10.7. The quantitative estimate of drug-likeness (QED) is 0.359. The zero-order valence-electron chi connectivity index (χ0n) is 22.9.